The van der Waals surface area contributed by atoms with Crippen LogP contribution in [0.2, 0.25) is 5.02 Å². The number of aromatic nitrogens is 2. The van der Waals surface area contributed by atoms with E-state index >= 15 is 0 Å². The van der Waals surface area contributed by atoms with Gasteiger partial charge >= 0.3 is 0 Å². The van der Waals surface area contributed by atoms with E-state index in [9.17, 15) is 9.18 Å². The highest BCUT2D eigenvalue weighted by Gasteiger charge is 2.15. The SMILES string of the molecule is COc1ccc(-c2cc(C(=O)Nc3ccc(F)cc3Cl)[nH]n2)c(OC)c1. The molecule has 1 aromatic heterocycles. The van der Waals surface area contributed by atoms with Gasteiger partial charge in [0.15, 0.2) is 0 Å². The van der Waals surface area contributed by atoms with Crippen molar-refractivity contribution in [3.05, 3.63) is 59.0 Å². The third kappa shape index (κ3) is 3.62. The monoisotopic (exact) mass is 375 g/mol. The molecule has 0 aliphatic heterocycles. The van der Waals surface area contributed by atoms with E-state index in [1.165, 1.54) is 19.2 Å². The van der Waals surface area contributed by atoms with Gasteiger partial charge in [-0.05, 0) is 36.4 Å². The van der Waals surface area contributed by atoms with Gasteiger partial charge < -0.3 is 14.8 Å². The van der Waals surface area contributed by atoms with Crippen LogP contribution in [0.3, 0.4) is 0 Å². The van der Waals surface area contributed by atoms with E-state index in [0.717, 1.165) is 6.07 Å². The van der Waals surface area contributed by atoms with Crippen molar-refractivity contribution in [1.82, 2.24) is 10.2 Å². The van der Waals surface area contributed by atoms with Gasteiger partial charge in [-0.2, -0.15) is 5.10 Å². The zero-order chi connectivity index (χ0) is 18.7. The van der Waals surface area contributed by atoms with Crippen LogP contribution in [0.15, 0.2) is 42.5 Å². The maximum atomic E-state index is 13.1. The average molecular weight is 376 g/mol. The smallest absolute Gasteiger partial charge is 0.273 e. The molecule has 0 saturated heterocycles. The highest BCUT2D eigenvalue weighted by molar-refractivity contribution is 6.33. The van der Waals surface area contributed by atoms with Gasteiger partial charge in [-0.15, -0.1) is 0 Å². The number of hydrogen-bond donors (Lipinski definition) is 2. The van der Waals surface area contributed by atoms with Crippen molar-refractivity contribution in [2.75, 3.05) is 19.5 Å². The first kappa shape index (κ1) is 17.8. The fraction of sp³-hybridized carbons (Fsp3) is 0.111. The third-order valence-electron chi connectivity index (χ3n) is 3.69. The first-order chi connectivity index (χ1) is 12.5. The number of nitrogens with zero attached hydrogens (tertiary/aromatic N) is 1. The largest absolute Gasteiger partial charge is 0.497 e. The molecule has 3 aromatic rings. The Morgan fingerprint density at radius 2 is 1.96 bits per heavy atom. The molecule has 0 fully saturated rings. The van der Waals surface area contributed by atoms with Crippen LogP contribution < -0.4 is 14.8 Å². The Morgan fingerprint density at radius 1 is 1.15 bits per heavy atom. The van der Waals surface area contributed by atoms with Gasteiger partial charge in [0.2, 0.25) is 0 Å². The first-order valence-electron chi connectivity index (χ1n) is 7.56. The minimum Gasteiger partial charge on any atom is -0.497 e. The predicted octanol–water partition coefficient (Wildman–Crippen LogP) is 4.14. The van der Waals surface area contributed by atoms with Gasteiger partial charge in [-0.3, -0.25) is 9.89 Å². The molecular formula is C18H15ClFN3O3. The number of H-pyrrole nitrogens is 1. The molecule has 6 nitrogen and oxygen atoms in total. The molecule has 0 atom stereocenters. The fourth-order valence-corrected chi connectivity index (χ4v) is 2.58. The van der Waals surface area contributed by atoms with Crippen molar-refractivity contribution in [2.24, 2.45) is 0 Å². The Labute approximate surface area is 153 Å². The number of nitrogens with one attached hydrogen (secondary N) is 2. The molecule has 0 aliphatic rings. The number of benzene rings is 2. The number of halogens is 2. The van der Waals surface area contributed by atoms with Crippen molar-refractivity contribution in [2.45, 2.75) is 0 Å². The number of ether oxygens (including phenoxy) is 2. The molecule has 1 heterocycles. The summed E-state index contributed by atoms with van der Waals surface area (Å²) in [4.78, 5) is 12.4. The molecule has 3 rings (SSSR count). The third-order valence-corrected chi connectivity index (χ3v) is 4.00. The Balaban J connectivity index is 1.84. The zero-order valence-corrected chi connectivity index (χ0v) is 14.7. The summed E-state index contributed by atoms with van der Waals surface area (Å²) in [5.74, 6) is 0.266. The number of carbonyl (C=O) groups is 1. The summed E-state index contributed by atoms with van der Waals surface area (Å²) < 4.78 is 23.6. The molecule has 0 aliphatic carbocycles. The standard InChI is InChI=1S/C18H15ClFN3O3/c1-25-11-4-5-12(17(8-11)26-2)15-9-16(23-22-15)18(24)21-14-6-3-10(20)7-13(14)19/h3-9H,1-2H3,(H,21,24)(H,22,23). The summed E-state index contributed by atoms with van der Waals surface area (Å²) in [6.07, 6.45) is 0. The van der Waals surface area contributed by atoms with Crippen LogP contribution in [0.5, 0.6) is 11.5 Å². The van der Waals surface area contributed by atoms with Gasteiger partial charge in [0.1, 0.15) is 23.0 Å². The molecule has 0 radical (unpaired) electrons. The zero-order valence-electron chi connectivity index (χ0n) is 14.0. The summed E-state index contributed by atoms with van der Waals surface area (Å²) >= 11 is 5.92. The lowest BCUT2D eigenvalue weighted by molar-refractivity contribution is 0.102. The molecular weight excluding hydrogens is 361 g/mol. The minimum absolute atomic E-state index is 0.106. The van der Waals surface area contributed by atoms with Crippen molar-refractivity contribution < 1.29 is 18.7 Å². The van der Waals surface area contributed by atoms with Gasteiger partial charge in [-0.25, -0.2) is 4.39 Å². The van der Waals surface area contributed by atoms with Gasteiger partial charge in [0.05, 0.1) is 30.6 Å². The second kappa shape index (κ2) is 7.45. The van der Waals surface area contributed by atoms with E-state index in [-0.39, 0.29) is 10.7 Å². The normalized spacial score (nSPS) is 10.5. The highest BCUT2D eigenvalue weighted by atomic mass is 35.5. The Kier molecular flexibility index (Phi) is 5.09. The second-order valence-electron chi connectivity index (χ2n) is 5.31. The molecule has 134 valence electrons. The van der Waals surface area contributed by atoms with E-state index in [4.69, 9.17) is 21.1 Å². The van der Waals surface area contributed by atoms with Gasteiger partial charge in [0, 0.05) is 11.6 Å². The average Bonchev–Trinajstić information content (AvgIpc) is 3.13. The van der Waals surface area contributed by atoms with Crippen LogP contribution in [0, 0.1) is 5.82 Å². The maximum absolute atomic E-state index is 13.1. The van der Waals surface area contributed by atoms with Crippen molar-refractivity contribution in [1.29, 1.82) is 0 Å². The number of rotatable bonds is 5. The minimum atomic E-state index is -0.483. The second-order valence-corrected chi connectivity index (χ2v) is 5.72. The Hall–Kier alpha value is -3.06. The quantitative estimate of drug-likeness (QED) is 0.702. The van der Waals surface area contributed by atoms with Crippen LogP contribution in [0.4, 0.5) is 10.1 Å². The van der Waals surface area contributed by atoms with E-state index < -0.39 is 11.7 Å². The van der Waals surface area contributed by atoms with Crippen molar-refractivity contribution in [3.8, 4) is 22.8 Å². The van der Waals surface area contributed by atoms with Crippen LogP contribution in [0.25, 0.3) is 11.3 Å². The lowest BCUT2D eigenvalue weighted by Crippen LogP contribution is -2.12. The number of anilines is 1. The lowest BCUT2D eigenvalue weighted by atomic mass is 10.1. The van der Waals surface area contributed by atoms with E-state index in [1.807, 2.05) is 0 Å². The molecule has 1 amide bonds. The maximum Gasteiger partial charge on any atom is 0.273 e. The molecule has 0 spiro atoms. The highest BCUT2D eigenvalue weighted by Crippen LogP contribution is 2.32. The molecule has 0 saturated carbocycles. The van der Waals surface area contributed by atoms with Crippen molar-refractivity contribution in [3.63, 3.8) is 0 Å². The summed E-state index contributed by atoms with van der Waals surface area (Å²) in [5, 5.41) is 9.53. The molecule has 0 unspecified atom stereocenters. The van der Waals surface area contributed by atoms with E-state index in [2.05, 4.69) is 15.5 Å². The molecule has 2 aromatic carbocycles. The van der Waals surface area contributed by atoms with Crippen LogP contribution >= 0.6 is 11.6 Å². The number of hydrogen-bond acceptors (Lipinski definition) is 4. The lowest BCUT2D eigenvalue weighted by Gasteiger charge is -2.08. The molecule has 2 N–H and O–H groups in total. The van der Waals surface area contributed by atoms with E-state index in [0.29, 0.717) is 28.4 Å². The molecule has 8 heteroatoms. The van der Waals surface area contributed by atoms with Crippen LogP contribution in [-0.2, 0) is 0 Å². The van der Waals surface area contributed by atoms with Crippen LogP contribution in [-0.4, -0.2) is 30.3 Å². The fourth-order valence-electron chi connectivity index (χ4n) is 2.37. The molecule has 26 heavy (non-hydrogen) atoms. The van der Waals surface area contributed by atoms with Crippen LogP contribution in [0.1, 0.15) is 10.5 Å². The van der Waals surface area contributed by atoms with Gasteiger partial charge in [-0.1, -0.05) is 11.6 Å². The molecule has 0 bridgehead atoms. The van der Waals surface area contributed by atoms with Gasteiger partial charge in [0.25, 0.3) is 5.91 Å². The number of aromatic amines is 1. The van der Waals surface area contributed by atoms with Crippen molar-refractivity contribution >= 4 is 23.2 Å². The predicted molar refractivity (Wildman–Crippen MR) is 96.5 cm³/mol. The number of amides is 1. The number of methoxy groups -OCH3 is 2. The topological polar surface area (TPSA) is 76.2 Å². The summed E-state index contributed by atoms with van der Waals surface area (Å²) in [6.45, 7) is 0. The Bertz CT molecular complexity index is 959. The summed E-state index contributed by atoms with van der Waals surface area (Å²) in [5.41, 5.74) is 1.75. The summed E-state index contributed by atoms with van der Waals surface area (Å²) in [7, 11) is 3.10. The number of carbonyl (C=O) groups excluding carboxylic acids is 1. The summed E-state index contributed by atoms with van der Waals surface area (Å²) in [6, 6.07) is 10.6. The first-order valence-corrected chi connectivity index (χ1v) is 7.94. The Morgan fingerprint density at radius 3 is 2.65 bits per heavy atom. The van der Waals surface area contributed by atoms with E-state index in [1.54, 1.807) is 31.4 Å².